The summed E-state index contributed by atoms with van der Waals surface area (Å²) in [7, 11) is 1.79. The number of aryl methyl sites for hydroxylation is 2. The van der Waals surface area contributed by atoms with Gasteiger partial charge in [0.2, 0.25) is 5.78 Å². The lowest BCUT2D eigenvalue weighted by Gasteiger charge is -1.99. The second-order valence-corrected chi connectivity index (χ2v) is 4.19. The standard InChI is InChI=1S/C12H11N5O2/c1-7-9(11(18)19)17-12(14-7)16(2)10(15-17)8-4-3-5-13-6-8/h3-6H,1-2H3,(H,18,19). The van der Waals surface area contributed by atoms with E-state index in [1.807, 2.05) is 6.07 Å². The first-order valence-electron chi connectivity index (χ1n) is 5.65. The van der Waals surface area contributed by atoms with E-state index < -0.39 is 5.97 Å². The fourth-order valence-corrected chi connectivity index (χ4v) is 2.06. The van der Waals surface area contributed by atoms with E-state index in [2.05, 4.69) is 15.1 Å². The third kappa shape index (κ3) is 1.59. The second-order valence-electron chi connectivity index (χ2n) is 4.19. The zero-order valence-electron chi connectivity index (χ0n) is 10.4. The second kappa shape index (κ2) is 3.91. The van der Waals surface area contributed by atoms with Gasteiger partial charge in [-0.15, -0.1) is 5.10 Å². The van der Waals surface area contributed by atoms with Crippen LogP contribution in [0.4, 0.5) is 0 Å². The Morgan fingerprint density at radius 3 is 2.84 bits per heavy atom. The number of nitrogens with zero attached hydrogens (tertiary/aromatic N) is 5. The molecule has 0 aliphatic rings. The van der Waals surface area contributed by atoms with E-state index in [0.717, 1.165) is 5.56 Å². The quantitative estimate of drug-likeness (QED) is 0.744. The van der Waals surface area contributed by atoms with Crippen LogP contribution in [0, 0.1) is 6.92 Å². The van der Waals surface area contributed by atoms with Crippen LogP contribution in [0.2, 0.25) is 0 Å². The van der Waals surface area contributed by atoms with Crippen LogP contribution in [-0.4, -0.2) is 35.2 Å². The molecule has 0 fully saturated rings. The van der Waals surface area contributed by atoms with Gasteiger partial charge in [-0.05, 0) is 19.1 Å². The van der Waals surface area contributed by atoms with Crippen molar-refractivity contribution in [3.05, 3.63) is 35.9 Å². The summed E-state index contributed by atoms with van der Waals surface area (Å²) in [6, 6.07) is 3.66. The van der Waals surface area contributed by atoms with Gasteiger partial charge >= 0.3 is 5.97 Å². The molecule has 0 aliphatic heterocycles. The average Bonchev–Trinajstić information content (AvgIpc) is 2.87. The fourth-order valence-electron chi connectivity index (χ4n) is 2.06. The third-order valence-electron chi connectivity index (χ3n) is 2.95. The molecule has 0 aromatic carbocycles. The van der Waals surface area contributed by atoms with Crippen molar-refractivity contribution in [2.24, 2.45) is 7.05 Å². The van der Waals surface area contributed by atoms with Crippen LogP contribution in [-0.2, 0) is 7.05 Å². The first kappa shape index (κ1) is 11.4. The van der Waals surface area contributed by atoms with E-state index >= 15 is 0 Å². The minimum atomic E-state index is -1.04. The van der Waals surface area contributed by atoms with Crippen LogP contribution >= 0.6 is 0 Å². The maximum absolute atomic E-state index is 11.2. The molecule has 7 heteroatoms. The monoisotopic (exact) mass is 257 g/mol. The van der Waals surface area contributed by atoms with E-state index in [9.17, 15) is 9.90 Å². The van der Waals surface area contributed by atoms with Crippen molar-refractivity contribution in [3.8, 4) is 11.4 Å². The average molecular weight is 257 g/mol. The van der Waals surface area contributed by atoms with Crippen LogP contribution in [0.15, 0.2) is 24.5 Å². The normalized spacial score (nSPS) is 11.1. The number of carbonyl (C=O) groups is 1. The van der Waals surface area contributed by atoms with Gasteiger partial charge < -0.3 is 5.11 Å². The van der Waals surface area contributed by atoms with Crippen molar-refractivity contribution < 1.29 is 9.90 Å². The number of hydrogen-bond acceptors (Lipinski definition) is 4. The molecule has 3 aromatic heterocycles. The van der Waals surface area contributed by atoms with Crippen molar-refractivity contribution in [1.82, 2.24) is 24.1 Å². The highest BCUT2D eigenvalue weighted by molar-refractivity contribution is 5.88. The van der Waals surface area contributed by atoms with Crippen molar-refractivity contribution in [2.75, 3.05) is 0 Å². The molecule has 0 spiro atoms. The first-order valence-corrected chi connectivity index (χ1v) is 5.65. The molecule has 96 valence electrons. The van der Waals surface area contributed by atoms with Gasteiger partial charge in [0.25, 0.3) is 0 Å². The number of carboxylic acids is 1. The molecule has 0 saturated carbocycles. The van der Waals surface area contributed by atoms with Gasteiger partial charge in [0.15, 0.2) is 11.5 Å². The number of fused-ring (bicyclic) bond motifs is 1. The molecule has 0 aliphatic carbocycles. The molecular formula is C12H11N5O2. The van der Waals surface area contributed by atoms with Gasteiger partial charge in [-0.1, -0.05) is 0 Å². The zero-order chi connectivity index (χ0) is 13.6. The van der Waals surface area contributed by atoms with Gasteiger partial charge in [-0.3, -0.25) is 9.55 Å². The number of aromatic carboxylic acids is 1. The smallest absolute Gasteiger partial charge is 0.356 e. The lowest BCUT2D eigenvalue weighted by Crippen LogP contribution is -2.04. The van der Waals surface area contributed by atoms with Crippen molar-refractivity contribution in [3.63, 3.8) is 0 Å². The fraction of sp³-hybridized carbons (Fsp3) is 0.167. The number of aromatic nitrogens is 5. The summed E-state index contributed by atoms with van der Waals surface area (Å²) in [5.74, 6) is 0.0766. The molecule has 0 amide bonds. The van der Waals surface area contributed by atoms with E-state index in [1.165, 1.54) is 4.52 Å². The Hall–Kier alpha value is -2.70. The van der Waals surface area contributed by atoms with Crippen LogP contribution < -0.4 is 0 Å². The van der Waals surface area contributed by atoms with Gasteiger partial charge in [0, 0.05) is 25.0 Å². The molecule has 1 N–H and O–H groups in total. The van der Waals surface area contributed by atoms with Crippen molar-refractivity contribution in [1.29, 1.82) is 0 Å². The summed E-state index contributed by atoms with van der Waals surface area (Å²) in [5, 5.41) is 13.5. The SMILES string of the molecule is Cc1nc2n(C)c(-c3cccnc3)nn2c1C(=O)O. The highest BCUT2D eigenvalue weighted by Gasteiger charge is 2.21. The van der Waals surface area contributed by atoms with Gasteiger partial charge in [0.05, 0.1) is 5.69 Å². The Bertz CT molecular complexity index is 772. The topological polar surface area (TPSA) is 85.3 Å². The van der Waals surface area contributed by atoms with E-state index in [1.54, 1.807) is 37.0 Å². The summed E-state index contributed by atoms with van der Waals surface area (Å²) in [5.41, 5.74) is 1.34. The zero-order valence-corrected chi connectivity index (χ0v) is 10.4. The maximum atomic E-state index is 11.2. The Kier molecular flexibility index (Phi) is 2.34. The highest BCUT2D eigenvalue weighted by atomic mass is 16.4. The number of rotatable bonds is 2. The maximum Gasteiger partial charge on any atom is 0.356 e. The molecule has 3 aromatic rings. The molecule has 19 heavy (non-hydrogen) atoms. The van der Waals surface area contributed by atoms with Gasteiger partial charge in [-0.2, -0.15) is 4.52 Å². The minimum Gasteiger partial charge on any atom is -0.476 e. The lowest BCUT2D eigenvalue weighted by atomic mass is 10.3. The summed E-state index contributed by atoms with van der Waals surface area (Å²) < 4.78 is 3.09. The van der Waals surface area contributed by atoms with E-state index in [-0.39, 0.29) is 5.69 Å². The molecule has 0 unspecified atom stereocenters. The largest absolute Gasteiger partial charge is 0.476 e. The lowest BCUT2D eigenvalue weighted by molar-refractivity contribution is 0.0687. The molecule has 0 radical (unpaired) electrons. The van der Waals surface area contributed by atoms with E-state index in [4.69, 9.17) is 0 Å². The summed E-state index contributed by atoms with van der Waals surface area (Å²) >= 11 is 0. The highest BCUT2D eigenvalue weighted by Crippen LogP contribution is 2.20. The number of imidazole rings is 1. The Morgan fingerprint density at radius 2 is 2.21 bits per heavy atom. The molecule has 0 bridgehead atoms. The summed E-state index contributed by atoms with van der Waals surface area (Å²) in [6.07, 6.45) is 3.35. The van der Waals surface area contributed by atoms with Crippen LogP contribution in [0.1, 0.15) is 16.2 Å². The first-order chi connectivity index (χ1) is 9.09. The molecule has 7 nitrogen and oxygen atoms in total. The Labute approximate surface area is 108 Å². The predicted molar refractivity (Wildman–Crippen MR) is 66.9 cm³/mol. The van der Waals surface area contributed by atoms with Gasteiger partial charge in [0.1, 0.15) is 0 Å². The van der Waals surface area contributed by atoms with Crippen molar-refractivity contribution >= 4 is 11.7 Å². The van der Waals surface area contributed by atoms with Gasteiger partial charge in [-0.25, -0.2) is 9.78 Å². The van der Waals surface area contributed by atoms with Crippen molar-refractivity contribution in [2.45, 2.75) is 6.92 Å². The number of carboxylic acid groups (broad SMARTS) is 1. The Balaban J connectivity index is 2.30. The van der Waals surface area contributed by atoms with Crippen LogP contribution in [0.5, 0.6) is 0 Å². The summed E-state index contributed by atoms with van der Waals surface area (Å²) in [4.78, 5) is 19.5. The minimum absolute atomic E-state index is 0.0840. The molecule has 0 atom stereocenters. The summed E-state index contributed by atoms with van der Waals surface area (Å²) in [6.45, 7) is 1.65. The van der Waals surface area contributed by atoms with Crippen LogP contribution in [0.3, 0.4) is 0 Å². The third-order valence-corrected chi connectivity index (χ3v) is 2.95. The van der Waals surface area contributed by atoms with Crippen LogP contribution in [0.25, 0.3) is 17.2 Å². The predicted octanol–water partition coefficient (Wildman–Crippen LogP) is 1.14. The van der Waals surface area contributed by atoms with E-state index in [0.29, 0.717) is 17.3 Å². The number of pyridine rings is 1. The Morgan fingerprint density at radius 1 is 1.42 bits per heavy atom. The molecular weight excluding hydrogens is 246 g/mol. The molecule has 3 rings (SSSR count). The molecule has 0 saturated heterocycles. The molecule has 3 heterocycles. The number of hydrogen-bond donors (Lipinski definition) is 1.